The first-order valence-corrected chi connectivity index (χ1v) is 8.91. The van der Waals surface area contributed by atoms with Crippen molar-refractivity contribution in [3.8, 4) is 0 Å². The first kappa shape index (κ1) is 16.0. The molecule has 0 fully saturated rings. The maximum absolute atomic E-state index is 6.28. The molecule has 1 nitrogen and oxygen atoms in total. The fourth-order valence-electron chi connectivity index (χ4n) is 2.29. The molecule has 0 aliphatic rings. The second-order valence-corrected chi connectivity index (χ2v) is 7.22. The van der Waals surface area contributed by atoms with Crippen LogP contribution in [-0.2, 0) is 12.8 Å². The lowest BCUT2D eigenvalue weighted by Crippen LogP contribution is -2.25. The lowest BCUT2D eigenvalue weighted by Gasteiger charge is -2.17. The first-order valence-electron chi connectivity index (χ1n) is 6.86. The zero-order valence-corrected chi connectivity index (χ0v) is 14.7. The second-order valence-electron chi connectivity index (χ2n) is 4.90. The van der Waals surface area contributed by atoms with Gasteiger partial charge in [0.05, 0.1) is 0 Å². The van der Waals surface area contributed by atoms with Crippen LogP contribution < -0.4 is 5.32 Å². The summed E-state index contributed by atoms with van der Waals surface area (Å²) in [5, 5.41) is 6.49. The normalized spacial score (nSPS) is 12.6. The number of nitrogens with one attached hydrogen (secondary N) is 1. The predicted octanol–water partition coefficient (Wildman–Crippen LogP) is 5.17. The number of hydrogen-bond acceptors (Lipinski definition) is 2. The maximum atomic E-state index is 6.28. The van der Waals surface area contributed by atoms with Gasteiger partial charge in [0.25, 0.3) is 0 Å². The highest BCUT2D eigenvalue weighted by Gasteiger charge is 2.13. The highest BCUT2D eigenvalue weighted by molar-refractivity contribution is 9.10. The van der Waals surface area contributed by atoms with E-state index in [-0.39, 0.29) is 0 Å². The molecule has 0 amide bonds. The third-order valence-electron chi connectivity index (χ3n) is 3.26. The number of thiophene rings is 1. The van der Waals surface area contributed by atoms with E-state index >= 15 is 0 Å². The number of halogens is 2. The maximum Gasteiger partial charge on any atom is 0.0438 e. The van der Waals surface area contributed by atoms with Gasteiger partial charge < -0.3 is 5.32 Å². The quantitative estimate of drug-likeness (QED) is 0.706. The molecule has 1 unspecified atom stereocenters. The van der Waals surface area contributed by atoms with Gasteiger partial charge in [-0.25, -0.2) is 0 Å². The van der Waals surface area contributed by atoms with E-state index in [1.807, 2.05) is 23.5 Å². The molecule has 0 bridgehead atoms. The van der Waals surface area contributed by atoms with Crippen LogP contribution in [0.5, 0.6) is 0 Å². The average Bonchev–Trinajstić information content (AvgIpc) is 2.84. The number of benzene rings is 1. The summed E-state index contributed by atoms with van der Waals surface area (Å²) in [5.74, 6) is 0.570. The molecule has 1 heterocycles. The van der Waals surface area contributed by atoms with Gasteiger partial charge in [0, 0.05) is 19.8 Å². The second kappa shape index (κ2) is 8.18. The van der Waals surface area contributed by atoms with Crippen molar-refractivity contribution in [2.45, 2.75) is 19.8 Å². The molecule has 0 radical (unpaired) electrons. The SMILES string of the molecule is CCNCC(Cc1cc(Br)cs1)Cc1ccccc1Cl. The average molecular weight is 373 g/mol. The van der Waals surface area contributed by atoms with Crippen LogP contribution in [0.15, 0.2) is 40.2 Å². The van der Waals surface area contributed by atoms with Gasteiger partial charge in [0.1, 0.15) is 0 Å². The van der Waals surface area contributed by atoms with Gasteiger partial charge in [0.15, 0.2) is 0 Å². The summed E-state index contributed by atoms with van der Waals surface area (Å²) < 4.78 is 1.18. The summed E-state index contributed by atoms with van der Waals surface area (Å²) in [6, 6.07) is 10.4. The molecule has 108 valence electrons. The number of rotatable bonds is 7. The number of hydrogen-bond donors (Lipinski definition) is 1. The van der Waals surface area contributed by atoms with Crippen molar-refractivity contribution in [2.24, 2.45) is 5.92 Å². The van der Waals surface area contributed by atoms with Crippen LogP contribution in [-0.4, -0.2) is 13.1 Å². The van der Waals surface area contributed by atoms with Gasteiger partial charge in [-0.3, -0.25) is 0 Å². The highest BCUT2D eigenvalue weighted by Crippen LogP contribution is 2.25. The largest absolute Gasteiger partial charge is 0.317 e. The van der Waals surface area contributed by atoms with Crippen LogP contribution >= 0.6 is 38.9 Å². The Labute approximate surface area is 138 Å². The summed E-state index contributed by atoms with van der Waals surface area (Å²) in [7, 11) is 0. The molecule has 20 heavy (non-hydrogen) atoms. The zero-order chi connectivity index (χ0) is 14.4. The van der Waals surface area contributed by atoms with Crippen molar-refractivity contribution < 1.29 is 0 Å². The fraction of sp³-hybridized carbons (Fsp3) is 0.375. The Balaban J connectivity index is 2.05. The van der Waals surface area contributed by atoms with E-state index in [0.717, 1.165) is 31.0 Å². The predicted molar refractivity (Wildman–Crippen MR) is 92.9 cm³/mol. The summed E-state index contributed by atoms with van der Waals surface area (Å²) in [6.45, 7) is 4.18. The highest BCUT2D eigenvalue weighted by atomic mass is 79.9. The molecule has 0 saturated heterocycles. The molecule has 1 N–H and O–H groups in total. The molecule has 4 heteroatoms. The van der Waals surface area contributed by atoms with Crippen LogP contribution in [0.2, 0.25) is 5.02 Å². The third kappa shape index (κ3) is 4.88. The molecule has 1 aromatic heterocycles. The van der Waals surface area contributed by atoms with E-state index in [1.165, 1.54) is 14.9 Å². The summed E-state index contributed by atoms with van der Waals surface area (Å²) in [4.78, 5) is 1.42. The summed E-state index contributed by atoms with van der Waals surface area (Å²) in [6.07, 6.45) is 2.11. The summed E-state index contributed by atoms with van der Waals surface area (Å²) >= 11 is 11.6. The molecule has 0 aliphatic carbocycles. The Bertz CT molecular complexity index is 541. The van der Waals surface area contributed by atoms with E-state index in [2.05, 4.69) is 51.7 Å². The first-order chi connectivity index (χ1) is 9.69. The lowest BCUT2D eigenvalue weighted by atomic mass is 9.95. The standard InChI is InChI=1S/C16H19BrClNS/c1-2-19-10-12(8-15-9-14(17)11-20-15)7-13-5-3-4-6-16(13)18/h3-6,9,11-12,19H,2,7-8,10H2,1H3. The van der Waals surface area contributed by atoms with Crippen molar-refractivity contribution in [2.75, 3.05) is 13.1 Å². The lowest BCUT2D eigenvalue weighted by molar-refractivity contribution is 0.481. The minimum atomic E-state index is 0.570. The van der Waals surface area contributed by atoms with Crippen molar-refractivity contribution in [1.82, 2.24) is 5.32 Å². The Morgan fingerprint density at radius 1 is 1.30 bits per heavy atom. The molecule has 0 saturated carbocycles. The Morgan fingerprint density at radius 2 is 2.10 bits per heavy atom. The van der Waals surface area contributed by atoms with E-state index < -0.39 is 0 Å². The minimum Gasteiger partial charge on any atom is -0.317 e. The third-order valence-corrected chi connectivity index (χ3v) is 5.35. The van der Waals surface area contributed by atoms with E-state index in [9.17, 15) is 0 Å². The monoisotopic (exact) mass is 371 g/mol. The van der Waals surface area contributed by atoms with E-state index in [4.69, 9.17) is 11.6 Å². The molecule has 0 aliphatic heterocycles. The zero-order valence-electron chi connectivity index (χ0n) is 11.5. The smallest absolute Gasteiger partial charge is 0.0438 e. The molecule has 2 aromatic rings. The van der Waals surface area contributed by atoms with Crippen LogP contribution in [0.3, 0.4) is 0 Å². The fourth-order valence-corrected chi connectivity index (χ4v) is 4.07. The van der Waals surface area contributed by atoms with Crippen molar-refractivity contribution in [3.63, 3.8) is 0 Å². The molecule has 1 atom stereocenters. The molecule has 1 aromatic carbocycles. The van der Waals surface area contributed by atoms with Gasteiger partial charge in [-0.15, -0.1) is 11.3 Å². The molecular weight excluding hydrogens is 354 g/mol. The van der Waals surface area contributed by atoms with Crippen molar-refractivity contribution in [1.29, 1.82) is 0 Å². The molecule has 0 spiro atoms. The Morgan fingerprint density at radius 3 is 2.75 bits per heavy atom. The van der Waals surface area contributed by atoms with Crippen molar-refractivity contribution in [3.05, 3.63) is 55.6 Å². The Hall–Kier alpha value is -0.350. The van der Waals surface area contributed by atoms with Gasteiger partial charge >= 0.3 is 0 Å². The van der Waals surface area contributed by atoms with Crippen LogP contribution in [0, 0.1) is 5.92 Å². The van der Waals surface area contributed by atoms with Crippen molar-refractivity contribution >= 4 is 38.9 Å². The molecule has 2 rings (SSSR count). The van der Waals surface area contributed by atoms with Gasteiger partial charge in [0.2, 0.25) is 0 Å². The van der Waals surface area contributed by atoms with Crippen LogP contribution in [0.4, 0.5) is 0 Å². The van der Waals surface area contributed by atoms with Crippen LogP contribution in [0.1, 0.15) is 17.4 Å². The topological polar surface area (TPSA) is 12.0 Å². The van der Waals surface area contributed by atoms with Gasteiger partial charge in [-0.05, 0) is 65.5 Å². The summed E-state index contributed by atoms with van der Waals surface area (Å²) in [5.41, 5.74) is 1.24. The van der Waals surface area contributed by atoms with Crippen LogP contribution in [0.25, 0.3) is 0 Å². The van der Waals surface area contributed by atoms with E-state index in [1.54, 1.807) is 0 Å². The van der Waals surface area contributed by atoms with Gasteiger partial charge in [-0.1, -0.05) is 36.7 Å². The van der Waals surface area contributed by atoms with Gasteiger partial charge in [-0.2, -0.15) is 0 Å². The molecular formula is C16H19BrClNS. The van der Waals surface area contributed by atoms with E-state index in [0.29, 0.717) is 5.92 Å². The Kier molecular flexibility index (Phi) is 6.56. The minimum absolute atomic E-state index is 0.570.